The zero-order chi connectivity index (χ0) is 16.7. The third kappa shape index (κ3) is 6.49. The number of ether oxygens (including phenoxy) is 1. The fraction of sp³-hybridized carbons (Fsp3) is 0.357. The monoisotopic (exact) mass is 359 g/mol. The highest BCUT2D eigenvalue weighted by molar-refractivity contribution is 8.01. The summed E-state index contributed by atoms with van der Waals surface area (Å²) in [4.78, 5) is 11.7. The van der Waals surface area contributed by atoms with Crippen molar-refractivity contribution in [3.63, 3.8) is 0 Å². The predicted octanol–water partition coefficient (Wildman–Crippen LogP) is 2.90. The minimum atomic E-state index is -2.82. The summed E-state index contributed by atoms with van der Waals surface area (Å²) in [6.45, 7) is -0.488. The molecule has 0 aliphatic heterocycles. The Morgan fingerprint density at radius 1 is 1.35 bits per heavy atom. The summed E-state index contributed by atoms with van der Waals surface area (Å²) in [7, 11) is 0. The smallest absolute Gasteiger partial charge is 0.387 e. The SMILES string of the molecule is Cc1nnc(SCC(=O)NCCc2ccc(OC(F)F)cc2)s1. The number of rotatable bonds is 8. The number of nitrogens with one attached hydrogen (secondary N) is 1. The number of aromatic nitrogens is 2. The van der Waals surface area contributed by atoms with Crippen LogP contribution in [0.2, 0.25) is 0 Å². The summed E-state index contributed by atoms with van der Waals surface area (Å²) < 4.78 is 29.1. The lowest BCUT2D eigenvalue weighted by molar-refractivity contribution is -0.118. The number of hydrogen-bond acceptors (Lipinski definition) is 6. The molecule has 0 saturated heterocycles. The molecule has 0 unspecified atom stereocenters. The van der Waals surface area contributed by atoms with E-state index in [-0.39, 0.29) is 17.4 Å². The van der Waals surface area contributed by atoms with Crippen LogP contribution >= 0.6 is 23.1 Å². The molecule has 9 heteroatoms. The Morgan fingerprint density at radius 2 is 2.09 bits per heavy atom. The fourth-order valence-corrected chi connectivity index (χ4v) is 3.34. The Balaban J connectivity index is 1.66. The number of thioether (sulfide) groups is 1. The van der Waals surface area contributed by atoms with E-state index in [0.717, 1.165) is 14.9 Å². The summed E-state index contributed by atoms with van der Waals surface area (Å²) >= 11 is 2.80. The first-order valence-electron chi connectivity index (χ1n) is 6.76. The van der Waals surface area contributed by atoms with Gasteiger partial charge in [0.25, 0.3) is 0 Å². The summed E-state index contributed by atoms with van der Waals surface area (Å²) in [5, 5.41) is 11.5. The maximum Gasteiger partial charge on any atom is 0.387 e. The third-order valence-electron chi connectivity index (χ3n) is 2.72. The molecule has 5 nitrogen and oxygen atoms in total. The van der Waals surface area contributed by atoms with Crippen LogP contribution in [-0.2, 0) is 11.2 Å². The molecule has 1 heterocycles. The van der Waals surface area contributed by atoms with Crippen molar-refractivity contribution in [1.82, 2.24) is 15.5 Å². The quantitative estimate of drug-likeness (QED) is 0.734. The Bertz CT molecular complexity index is 635. The second-order valence-electron chi connectivity index (χ2n) is 4.50. The normalized spacial score (nSPS) is 10.8. The van der Waals surface area contributed by atoms with Gasteiger partial charge in [0.1, 0.15) is 10.8 Å². The van der Waals surface area contributed by atoms with Crippen molar-refractivity contribution in [2.24, 2.45) is 0 Å². The van der Waals surface area contributed by atoms with Crippen LogP contribution in [0.25, 0.3) is 0 Å². The fourth-order valence-electron chi connectivity index (χ4n) is 1.70. The van der Waals surface area contributed by atoms with Crippen LogP contribution < -0.4 is 10.1 Å². The molecule has 0 saturated carbocycles. The number of benzene rings is 1. The van der Waals surface area contributed by atoms with Gasteiger partial charge in [0.05, 0.1) is 5.75 Å². The minimum Gasteiger partial charge on any atom is -0.435 e. The Kier molecular flexibility index (Phi) is 6.72. The van der Waals surface area contributed by atoms with Crippen LogP contribution in [0, 0.1) is 6.92 Å². The largest absolute Gasteiger partial charge is 0.435 e. The lowest BCUT2D eigenvalue weighted by Crippen LogP contribution is -2.27. The van der Waals surface area contributed by atoms with E-state index in [0.29, 0.717) is 13.0 Å². The van der Waals surface area contributed by atoms with Crippen LogP contribution in [0.3, 0.4) is 0 Å². The van der Waals surface area contributed by atoms with Gasteiger partial charge < -0.3 is 10.1 Å². The molecule has 0 fully saturated rings. The van der Waals surface area contributed by atoms with E-state index >= 15 is 0 Å². The van der Waals surface area contributed by atoms with Crippen molar-refractivity contribution in [2.75, 3.05) is 12.3 Å². The molecular formula is C14H15F2N3O2S2. The maximum absolute atomic E-state index is 12.0. The zero-order valence-electron chi connectivity index (χ0n) is 12.3. The predicted molar refractivity (Wildman–Crippen MR) is 85.2 cm³/mol. The molecule has 124 valence electrons. The molecule has 1 aromatic carbocycles. The number of alkyl halides is 2. The molecule has 1 aromatic heterocycles. The average Bonchev–Trinajstić information content (AvgIpc) is 2.92. The van der Waals surface area contributed by atoms with Crippen LogP contribution in [0.1, 0.15) is 10.6 Å². The van der Waals surface area contributed by atoms with E-state index in [1.54, 1.807) is 12.1 Å². The highest BCUT2D eigenvalue weighted by atomic mass is 32.2. The molecule has 0 radical (unpaired) electrons. The Labute approximate surface area is 140 Å². The van der Waals surface area contributed by atoms with Gasteiger partial charge in [-0.2, -0.15) is 8.78 Å². The van der Waals surface area contributed by atoms with Crippen LogP contribution in [0.15, 0.2) is 28.6 Å². The van der Waals surface area contributed by atoms with E-state index in [1.165, 1.54) is 35.2 Å². The summed E-state index contributed by atoms with van der Waals surface area (Å²) in [6, 6.07) is 6.36. The van der Waals surface area contributed by atoms with Crippen molar-refractivity contribution in [2.45, 2.75) is 24.3 Å². The first-order chi connectivity index (χ1) is 11.0. The van der Waals surface area contributed by atoms with Gasteiger partial charge >= 0.3 is 6.61 Å². The van der Waals surface area contributed by atoms with Gasteiger partial charge in [-0.1, -0.05) is 35.2 Å². The third-order valence-corrected chi connectivity index (χ3v) is 4.69. The molecule has 0 spiro atoms. The average molecular weight is 359 g/mol. The summed E-state index contributed by atoms with van der Waals surface area (Å²) in [5.74, 6) is 0.326. The number of carbonyl (C=O) groups excluding carboxylic acids is 1. The lowest BCUT2D eigenvalue weighted by atomic mass is 10.1. The molecule has 2 rings (SSSR count). The van der Waals surface area contributed by atoms with Crippen molar-refractivity contribution in [3.05, 3.63) is 34.8 Å². The Morgan fingerprint density at radius 3 is 2.70 bits per heavy atom. The Hall–Kier alpha value is -1.74. The van der Waals surface area contributed by atoms with E-state index in [9.17, 15) is 13.6 Å². The molecule has 1 N–H and O–H groups in total. The topological polar surface area (TPSA) is 64.1 Å². The summed E-state index contributed by atoms with van der Waals surface area (Å²) in [5.41, 5.74) is 0.930. The van der Waals surface area contributed by atoms with Crippen LogP contribution in [0.5, 0.6) is 5.75 Å². The molecule has 2 aromatic rings. The molecule has 0 bridgehead atoms. The molecule has 1 amide bonds. The second-order valence-corrected chi connectivity index (χ2v) is 6.90. The van der Waals surface area contributed by atoms with Gasteiger partial charge in [0, 0.05) is 6.54 Å². The number of amides is 1. The van der Waals surface area contributed by atoms with Crippen LogP contribution in [0.4, 0.5) is 8.78 Å². The first-order valence-corrected chi connectivity index (χ1v) is 8.56. The molecule has 0 atom stereocenters. The van der Waals surface area contributed by atoms with Gasteiger partial charge in [0.15, 0.2) is 4.34 Å². The molecular weight excluding hydrogens is 344 g/mol. The first kappa shape index (κ1) is 17.6. The number of aryl methyl sites for hydroxylation is 1. The molecule has 0 aliphatic carbocycles. The highest BCUT2D eigenvalue weighted by Gasteiger charge is 2.07. The standard InChI is InChI=1S/C14H15F2N3O2S2/c1-9-18-19-14(23-9)22-8-12(20)17-7-6-10-2-4-11(5-3-10)21-13(15)16/h2-5,13H,6-8H2,1H3,(H,17,20). The highest BCUT2D eigenvalue weighted by Crippen LogP contribution is 2.21. The van der Waals surface area contributed by atoms with Gasteiger partial charge in [-0.15, -0.1) is 10.2 Å². The number of halogens is 2. The lowest BCUT2D eigenvalue weighted by Gasteiger charge is -2.07. The maximum atomic E-state index is 12.0. The molecule has 23 heavy (non-hydrogen) atoms. The second kappa shape index (κ2) is 8.78. The van der Waals surface area contributed by atoms with E-state index in [2.05, 4.69) is 20.3 Å². The van der Waals surface area contributed by atoms with Crippen LogP contribution in [-0.4, -0.2) is 35.0 Å². The number of carbonyl (C=O) groups is 1. The van der Waals surface area contributed by atoms with Crippen molar-refractivity contribution in [3.8, 4) is 5.75 Å². The van der Waals surface area contributed by atoms with Gasteiger partial charge in [0.2, 0.25) is 5.91 Å². The van der Waals surface area contributed by atoms with E-state index in [1.807, 2.05) is 6.92 Å². The van der Waals surface area contributed by atoms with Crippen molar-refractivity contribution < 1.29 is 18.3 Å². The molecule has 0 aliphatic rings. The minimum absolute atomic E-state index is 0.0829. The number of hydrogen-bond donors (Lipinski definition) is 1. The number of nitrogens with zero attached hydrogens (tertiary/aromatic N) is 2. The van der Waals surface area contributed by atoms with E-state index in [4.69, 9.17) is 0 Å². The van der Waals surface area contributed by atoms with Gasteiger partial charge in [-0.3, -0.25) is 4.79 Å². The van der Waals surface area contributed by atoms with Gasteiger partial charge in [-0.05, 0) is 31.0 Å². The van der Waals surface area contributed by atoms with E-state index < -0.39 is 6.61 Å². The van der Waals surface area contributed by atoms with Gasteiger partial charge in [-0.25, -0.2) is 0 Å². The summed E-state index contributed by atoms with van der Waals surface area (Å²) in [6.07, 6.45) is 0.614. The zero-order valence-corrected chi connectivity index (χ0v) is 13.9. The van der Waals surface area contributed by atoms with Crippen molar-refractivity contribution in [1.29, 1.82) is 0 Å². The van der Waals surface area contributed by atoms with Crippen molar-refractivity contribution >= 4 is 29.0 Å².